The summed E-state index contributed by atoms with van der Waals surface area (Å²) in [5, 5.41) is 0. The lowest BCUT2D eigenvalue weighted by Crippen LogP contribution is -2.28. The minimum atomic E-state index is -4.92. The molecule has 1 aromatic rings. The molecule has 18 heavy (non-hydrogen) atoms. The fourth-order valence-electron chi connectivity index (χ4n) is 1.44. The maximum absolute atomic E-state index is 12.9. The largest absolute Gasteiger partial charge is 0.416 e. The predicted octanol–water partition coefficient (Wildman–Crippen LogP) is 3.45. The third kappa shape index (κ3) is 3.34. The van der Waals surface area contributed by atoms with Gasteiger partial charge in [0.25, 0.3) is 0 Å². The zero-order valence-corrected chi connectivity index (χ0v) is 8.74. The van der Waals surface area contributed by atoms with Crippen LogP contribution in [0, 0.1) is 5.82 Å². The lowest BCUT2D eigenvalue weighted by molar-refractivity contribution is -0.149. The Labute approximate surface area is 97.4 Å². The van der Waals surface area contributed by atoms with Crippen LogP contribution >= 0.6 is 0 Å². The number of benzene rings is 1. The topological polar surface area (TPSA) is 26.0 Å². The van der Waals surface area contributed by atoms with E-state index in [1.165, 1.54) is 0 Å². The number of hydrogen-bond donors (Lipinski definition) is 1. The molecule has 0 aromatic heterocycles. The first-order valence-electron chi connectivity index (χ1n) is 4.70. The number of halogens is 7. The number of alkyl halides is 6. The van der Waals surface area contributed by atoms with Crippen LogP contribution in [-0.2, 0) is 6.18 Å². The van der Waals surface area contributed by atoms with Gasteiger partial charge >= 0.3 is 12.4 Å². The summed E-state index contributed by atoms with van der Waals surface area (Å²) in [4.78, 5) is 0. The Hall–Kier alpha value is -1.31. The Morgan fingerprint density at radius 1 is 1.00 bits per heavy atom. The van der Waals surface area contributed by atoms with Crippen LogP contribution in [-0.4, -0.2) is 12.7 Å². The molecule has 8 heteroatoms. The second-order valence-corrected chi connectivity index (χ2v) is 3.60. The van der Waals surface area contributed by atoms with Gasteiger partial charge in [-0.3, -0.25) is 0 Å². The SMILES string of the molecule is NCC(c1cc(F)cc(C(F)(F)F)c1)C(F)(F)F. The molecule has 1 rings (SSSR count). The monoisotopic (exact) mass is 275 g/mol. The summed E-state index contributed by atoms with van der Waals surface area (Å²) in [7, 11) is 0. The van der Waals surface area contributed by atoms with Gasteiger partial charge in [-0.15, -0.1) is 0 Å². The smallest absolute Gasteiger partial charge is 0.330 e. The second kappa shape index (κ2) is 4.75. The van der Waals surface area contributed by atoms with Gasteiger partial charge in [0.15, 0.2) is 0 Å². The van der Waals surface area contributed by atoms with Gasteiger partial charge in [-0.1, -0.05) is 0 Å². The van der Waals surface area contributed by atoms with Crippen molar-refractivity contribution < 1.29 is 30.7 Å². The van der Waals surface area contributed by atoms with Crippen molar-refractivity contribution in [1.82, 2.24) is 0 Å². The molecule has 0 bridgehead atoms. The van der Waals surface area contributed by atoms with Crippen LogP contribution in [0.5, 0.6) is 0 Å². The molecule has 0 saturated carbocycles. The number of rotatable bonds is 2. The number of nitrogens with two attached hydrogens (primary N) is 1. The van der Waals surface area contributed by atoms with Gasteiger partial charge in [-0.05, 0) is 23.8 Å². The van der Waals surface area contributed by atoms with Crippen molar-refractivity contribution in [1.29, 1.82) is 0 Å². The van der Waals surface area contributed by atoms with E-state index in [2.05, 4.69) is 0 Å². The summed E-state index contributed by atoms with van der Waals surface area (Å²) in [5.41, 5.74) is 2.57. The average molecular weight is 275 g/mol. The van der Waals surface area contributed by atoms with E-state index in [0.29, 0.717) is 6.07 Å². The van der Waals surface area contributed by atoms with Crippen molar-refractivity contribution in [3.8, 4) is 0 Å². The molecular formula is C10H8F7N. The minimum absolute atomic E-state index is 0.132. The van der Waals surface area contributed by atoms with Gasteiger partial charge in [0.2, 0.25) is 0 Å². The fourth-order valence-corrected chi connectivity index (χ4v) is 1.44. The summed E-state index contributed by atoms with van der Waals surface area (Å²) in [6.07, 6.45) is -9.74. The summed E-state index contributed by atoms with van der Waals surface area (Å²) >= 11 is 0. The average Bonchev–Trinajstić information content (AvgIpc) is 2.13. The van der Waals surface area contributed by atoms with Gasteiger partial charge < -0.3 is 5.73 Å². The lowest BCUT2D eigenvalue weighted by atomic mass is 9.96. The summed E-state index contributed by atoms with van der Waals surface area (Å²) in [5.74, 6) is -3.71. The van der Waals surface area contributed by atoms with Crippen molar-refractivity contribution in [2.24, 2.45) is 5.73 Å². The normalized spacial score (nSPS) is 14.7. The molecule has 0 heterocycles. The molecule has 0 aliphatic rings. The molecular weight excluding hydrogens is 267 g/mol. The number of hydrogen-bond acceptors (Lipinski definition) is 1. The zero-order valence-electron chi connectivity index (χ0n) is 8.74. The molecule has 0 amide bonds. The highest BCUT2D eigenvalue weighted by Crippen LogP contribution is 2.37. The van der Waals surface area contributed by atoms with Crippen molar-refractivity contribution in [3.05, 3.63) is 35.1 Å². The Bertz CT molecular complexity index is 421. The molecule has 0 aliphatic heterocycles. The van der Waals surface area contributed by atoms with Crippen molar-refractivity contribution in [2.75, 3.05) is 6.54 Å². The van der Waals surface area contributed by atoms with Gasteiger partial charge in [-0.25, -0.2) is 4.39 Å². The first-order valence-corrected chi connectivity index (χ1v) is 4.70. The van der Waals surface area contributed by atoms with Crippen molar-refractivity contribution >= 4 is 0 Å². The highest BCUT2D eigenvalue weighted by Gasteiger charge is 2.41. The molecule has 0 fully saturated rings. The summed E-state index contributed by atoms with van der Waals surface area (Å²) < 4.78 is 87.4. The first kappa shape index (κ1) is 14.7. The van der Waals surface area contributed by atoms with E-state index in [0.717, 1.165) is 0 Å². The van der Waals surface area contributed by atoms with E-state index in [1.54, 1.807) is 0 Å². The Balaban J connectivity index is 3.29. The molecule has 1 nitrogen and oxygen atoms in total. The summed E-state index contributed by atoms with van der Waals surface area (Å²) in [6, 6.07) is 0.793. The minimum Gasteiger partial charge on any atom is -0.330 e. The van der Waals surface area contributed by atoms with Crippen LogP contribution in [0.3, 0.4) is 0 Å². The van der Waals surface area contributed by atoms with Crippen LogP contribution in [0.15, 0.2) is 18.2 Å². The molecule has 2 N–H and O–H groups in total. The van der Waals surface area contributed by atoms with E-state index < -0.39 is 41.8 Å². The van der Waals surface area contributed by atoms with Gasteiger partial charge in [0.05, 0.1) is 11.5 Å². The van der Waals surface area contributed by atoms with Gasteiger partial charge in [0.1, 0.15) is 5.82 Å². The van der Waals surface area contributed by atoms with E-state index in [-0.39, 0.29) is 12.1 Å². The maximum atomic E-state index is 12.9. The third-order valence-corrected chi connectivity index (χ3v) is 2.28. The highest BCUT2D eigenvalue weighted by molar-refractivity contribution is 5.30. The van der Waals surface area contributed by atoms with E-state index >= 15 is 0 Å². The molecule has 102 valence electrons. The maximum Gasteiger partial charge on any atom is 0.416 e. The van der Waals surface area contributed by atoms with Crippen LogP contribution in [0.2, 0.25) is 0 Å². The summed E-state index contributed by atoms with van der Waals surface area (Å²) in [6.45, 7) is -0.954. The molecule has 0 aliphatic carbocycles. The van der Waals surface area contributed by atoms with Crippen molar-refractivity contribution in [3.63, 3.8) is 0 Å². The second-order valence-electron chi connectivity index (χ2n) is 3.60. The van der Waals surface area contributed by atoms with E-state index in [9.17, 15) is 30.7 Å². The molecule has 1 aromatic carbocycles. The third-order valence-electron chi connectivity index (χ3n) is 2.28. The first-order chi connectivity index (χ1) is 8.05. The van der Waals surface area contributed by atoms with Crippen LogP contribution in [0.25, 0.3) is 0 Å². The van der Waals surface area contributed by atoms with Gasteiger partial charge in [-0.2, -0.15) is 26.3 Å². The van der Waals surface area contributed by atoms with E-state index in [4.69, 9.17) is 5.73 Å². The molecule has 0 saturated heterocycles. The van der Waals surface area contributed by atoms with E-state index in [1.807, 2.05) is 0 Å². The fraction of sp³-hybridized carbons (Fsp3) is 0.400. The quantitative estimate of drug-likeness (QED) is 0.822. The van der Waals surface area contributed by atoms with Crippen LogP contribution in [0.4, 0.5) is 30.7 Å². The molecule has 0 radical (unpaired) electrons. The van der Waals surface area contributed by atoms with Crippen molar-refractivity contribution in [2.45, 2.75) is 18.3 Å². The molecule has 1 unspecified atom stereocenters. The van der Waals surface area contributed by atoms with Gasteiger partial charge in [0, 0.05) is 6.54 Å². The Morgan fingerprint density at radius 2 is 1.56 bits per heavy atom. The highest BCUT2D eigenvalue weighted by atomic mass is 19.4. The molecule has 1 atom stereocenters. The standard InChI is InChI=1S/C10H8F7N/c11-7-2-5(8(4-18)10(15,16)17)1-6(3-7)9(12,13)14/h1-3,8H,4,18H2. The Kier molecular flexibility index (Phi) is 3.89. The predicted molar refractivity (Wildman–Crippen MR) is 49.3 cm³/mol. The Morgan fingerprint density at radius 3 is 1.94 bits per heavy atom. The van der Waals surface area contributed by atoms with Crippen LogP contribution in [0.1, 0.15) is 17.0 Å². The lowest BCUT2D eigenvalue weighted by Gasteiger charge is -2.20. The van der Waals surface area contributed by atoms with Crippen LogP contribution < -0.4 is 5.73 Å². The zero-order chi connectivity index (χ0) is 14.1. The molecule has 0 spiro atoms.